The average Bonchev–Trinajstić information content (AvgIpc) is 2.46. The summed E-state index contributed by atoms with van der Waals surface area (Å²) in [5.74, 6) is 0. The Bertz CT molecular complexity index is 586. The molecule has 0 bridgehead atoms. The summed E-state index contributed by atoms with van der Waals surface area (Å²) in [4.78, 5) is 0.133. The van der Waals surface area contributed by atoms with Gasteiger partial charge in [0, 0.05) is 5.39 Å². The Kier molecular flexibility index (Phi) is 2.06. The Labute approximate surface area is 85.6 Å². The van der Waals surface area contributed by atoms with Crippen molar-refractivity contribution in [1.29, 1.82) is 0 Å². The van der Waals surface area contributed by atoms with Crippen molar-refractivity contribution in [2.75, 3.05) is 0 Å². The van der Waals surface area contributed by atoms with Crippen LogP contribution < -0.4 is 5.14 Å². The van der Waals surface area contributed by atoms with Crippen LogP contribution in [0.3, 0.4) is 0 Å². The molecule has 74 valence electrons. The van der Waals surface area contributed by atoms with Crippen LogP contribution in [0.4, 0.5) is 0 Å². The van der Waals surface area contributed by atoms with E-state index in [1.165, 1.54) is 17.6 Å². The van der Waals surface area contributed by atoms with Crippen LogP contribution in [0.25, 0.3) is 10.1 Å². The second kappa shape index (κ2) is 3.01. The van der Waals surface area contributed by atoms with Crippen LogP contribution in [0.15, 0.2) is 23.1 Å². The van der Waals surface area contributed by atoms with Gasteiger partial charge in [0.05, 0.1) is 15.3 Å². The predicted molar refractivity (Wildman–Crippen MR) is 55.7 cm³/mol. The third-order valence-corrected chi connectivity index (χ3v) is 3.78. The summed E-state index contributed by atoms with van der Waals surface area (Å²) in [6.45, 7) is 1.84. The number of sulfonamides is 1. The van der Waals surface area contributed by atoms with Gasteiger partial charge in [-0.15, -0.1) is 0 Å². The lowest BCUT2D eigenvalue weighted by Crippen LogP contribution is -2.11. The summed E-state index contributed by atoms with van der Waals surface area (Å²) in [5, 5.41) is 5.87. The van der Waals surface area contributed by atoms with E-state index in [1.54, 1.807) is 12.1 Å². The molecule has 2 rings (SSSR count). The van der Waals surface area contributed by atoms with Gasteiger partial charge in [-0.05, 0) is 36.7 Å². The zero-order valence-electron chi connectivity index (χ0n) is 7.39. The van der Waals surface area contributed by atoms with Crippen LogP contribution in [-0.2, 0) is 10.0 Å². The van der Waals surface area contributed by atoms with E-state index in [-0.39, 0.29) is 4.90 Å². The minimum Gasteiger partial charge on any atom is -0.225 e. The fourth-order valence-electron chi connectivity index (χ4n) is 1.22. The fourth-order valence-corrected chi connectivity index (χ4v) is 2.52. The van der Waals surface area contributed by atoms with E-state index < -0.39 is 10.0 Å². The van der Waals surface area contributed by atoms with Gasteiger partial charge in [0.15, 0.2) is 0 Å². The number of hydrogen-bond acceptors (Lipinski definition) is 4. The summed E-state index contributed by atoms with van der Waals surface area (Å²) in [6, 6.07) is 4.78. The van der Waals surface area contributed by atoms with Gasteiger partial charge in [-0.25, -0.2) is 13.6 Å². The minimum atomic E-state index is -3.61. The molecule has 0 aliphatic rings. The van der Waals surface area contributed by atoms with Crippen LogP contribution >= 0.6 is 11.5 Å². The van der Waals surface area contributed by atoms with Gasteiger partial charge in [-0.3, -0.25) is 0 Å². The smallest absolute Gasteiger partial charge is 0.225 e. The molecule has 0 atom stereocenters. The number of primary sulfonamides is 1. The number of aromatic nitrogens is 1. The van der Waals surface area contributed by atoms with Crippen molar-refractivity contribution >= 4 is 31.6 Å². The molecule has 0 amide bonds. The van der Waals surface area contributed by atoms with E-state index in [0.29, 0.717) is 0 Å². The van der Waals surface area contributed by atoms with Gasteiger partial charge in [-0.1, -0.05) is 0 Å². The van der Waals surface area contributed by atoms with E-state index in [1.807, 2.05) is 6.92 Å². The van der Waals surface area contributed by atoms with Gasteiger partial charge in [-0.2, -0.15) is 4.37 Å². The molecule has 1 aromatic heterocycles. The number of nitrogens with zero attached hydrogens (tertiary/aromatic N) is 1. The van der Waals surface area contributed by atoms with Crippen molar-refractivity contribution in [3.63, 3.8) is 0 Å². The Morgan fingerprint density at radius 2 is 2.14 bits per heavy atom. The first kappa shape index (κ1) is 9.57. The highest BCUT2D eigenvalue weighted by Gasteiger charge is 2.10. The summed E-state index contributed by atoms with van der Waals surface area (Å²) < 4.78 is 27.2. The summed E-state index contributed by atoms with van der Waals surface area (Å²) in [6.07, 6.45) is 0. The van der Waals surface area contributed by atoms with Crippen molar-refractivity contribution in [3.8, 4) is 0 Å². The summed E-state index contributed by atoms with van der Waals surface area (Å²) in [5.41, 5.74) is 0.829. The normalized spacial score (nSPS) is 12.1. The van der Waals surface area contributed by atoms with Crippen molar-refractivity contribution in [3.05, 3.63) is 23.9 Å². The molecule has 0 aliphatic heterocycles. The molecule has 0 aliphatic carbocycles. The maximum atomic E-state index is 11.1. The van der Waals surface area contributed by atoms with Crippen LogP contribution in [-0.4, -0.2) is 12.8 Å². The number of nitrogens with two attached hydrogens (primary N) is 1. The maximum absolute atomic E-state index is 11.1. The Morgan fingerprint density at radius 1 is 1.43 bits per heavy atom. The largest absolute Gasteiger partial charge is 0.238 e. The third kappa shape index (κ3) is 1.52. The first-order valence-corrected chi connectivity index (χ1v) is 6.19. The first-order chi connectivity index (χ1) is 6.48. The van der Waals surface area contributed by atoms with Crippen molar-refractivity contribution < 1.29 is 8.42 Å². The molecule has 6 heteroatoms. The second-order valence-corrected chi connectivity index (χ2v) is 5.34. The lowest BCUT2D eigenvalue weighted by atomic mass is 10.2. The van der Waals surface area contributed by atoms with E-state index in [0.717, 1.165) is 15.8 Å². The molecule has 14 heavy (non-hydrogen) atoms. The molecule has 0 saturated carbocycles. The lowest BCUT2D eigenvalue weighted by Gasteiger charge is -1.97. The summed E-state index contributed by atoms with van der Waals surface area (Å²) in [7, 11) is -3.61. The summed E-state index contributed by atoms with van der Waals surface area (Å²) >= 11 is 1.35. The maximum Gasteiger partial charge on any atom is 0.238 e. The third-order valence-electron chi connectivity index (χ3n) is 1.95. The van der Waals surface area contributed by atoms with E-state index in [9.17, 15) is 8.42 Å². The molecular weight excluding hydrogens is 220 g/mol. The molecule has 1 aromatic carbocycles. The SMILES string of the molecule is Cc1nsc2ccc(S(N)(=O)=O)cc12. The minimum absolute atomic E-state index is 0.133. The fraction of sp³-hybridized carbons (Fsp3) is 0.125. The van der Waals surface area contributed by atoms with Gasteiger partial charge in [0.1, 0.15) is 0 Å². The molecule has 4 nitrogen and oxygen atoms in total. The zero-order valence-corrected chi connectivity index (χ0v) is 9.02. The number of aryl methyl sites for hydroxylation is 1. The quantitative estimate of drug-likeness (QED) is 0.798. The van der Waals surface area contributed by atoms with Crippen molar-refractivity contribution in [1.82, 2.24) is 4.37 Å². The Hall–Kier alpha value is -0.980. The van der Waals surface area contributed by atoms with Crippen LogP contribution in [0.1, 0.15) is 5.69 Å². The van der Waals surface area contributed by atoms with Crippen LogP contribution in [0.2, 0.25) is 0 Å². The topological polar surface area (TPSA) is 73.0 Å². The van der Waals surface area contributed by atoms with Gasteiger partial charge in [0.2, 0.25) is 10.0 Å². The molecular formula is C8H8N2O2S2. The second-order valence-electron chi connectivity index (χ2n) is 2.97. The molecule has 0 unspecified atom stereocenters. The lowest BCUT2D eigenvalue weighted by molar-refractivity contribution is 0.598. The van der Waals surface area contributed by atoms with Gasteiger partial charge < -0.3 is 0 Å². The highest BCUT2D eigenvalue weighted by Crippen LogP contribution is 2.24. The standard InChI is InChI=1S/C8H8N2O2S2/c1-5-7-4-6(14(9,11)12)2-3-8(7)13-10-5/h2-4H,1H3,(H2,9,11,12). The first-order valence-electron chi connectivity index (χ1n) is 3.87. The molecule has 0 radical (unpaired) electrons. The number of rotatable bonds is 1. The number of benzene rings is 1. The molecule has 1 heterocycles. The number of hydrogen-bond donors (Lipinski definition) is 1. The highest BCUT2D eigenvalue weighted by molar-refractivity contribution is 7.89. The highest BCUT2D eigenvalue weighted by atomic mass is 32.2. The van der Waals surface area contributed by atoms with Gasteiger partial charge in [0.25, 0.3) is 0 Å². The van der Waals surface area contributed by atoms with Crippen molar-refractivity contribution in [2.45, 2.75) is 11.8 Å². The van der Waals surface area contributed by atoms with Gasteiger partial charge >= 0.3 is 0 Å². The monoisotopic (exact) mass is 228 g/mol. The van der Waals surface area contributed by atoms with E-state index >= 15 is 0 Å². The molecule has 0 saturated heterocycles. The average molecular weight is 228 g/mol. The van der Waals surface area contributed by atoms with Crippen molar-refractivity contribution in [2.24, 2.45) is 5.14 Å². The molecule has 0 fully saturated rings. The molecule has 2 N–H and O–H groups in total. The van der Waals surface area contributed by atoms with E-state index in [2.05, 4.69) is 4.37 Å². The Balaban J connectivity index is 2.79. The number of fused-ring (bicyclic) bond motifs is 1. The van der Waals surface area contributed by atoms with Crippen LogP contribution in [0, 0.1) is 6.92 Å². The Morgan fingerprint density at radius 3 is 2.79 bits per heavy atom. The predicted octanol–water partition coefficient (Wildman–Crippen LogP) is 1.25. The van der Waals surface area contributed by atoms with Crippen LogP contribution in [0.5, 0.6) is 0 Å². The molecule has 2 aromatic rings. The molecule has 0 spiro atoms. The zero-order chi connectivity index (χ0) is 10.3. The van der Waals surface area contributed by atoms with E-state index in [4.69, 9.17) is 5.14 Å².